The highest BCUT2D eigenvalue weighted by Crippen LogP contribution is 2.26. The van der Waals surface area contributed by atoms with Gasteiger partial charge < -0.3 is 9.72 Å². The number of hydrogen-bond donors (Lipinski definition) is 1. The van der Waals surface area contributed by atoms with Gasteiger partial charge in [0.25, 0.3) is 0 Å². The van der Waals surface area contributed by atoms with Gasteiger partial charge in [-0.15, -0.1) is 0 Å². The fourth-order valence-electron chi connectivity index (χ4n) is 3.23. The number of pyridine rings is 1. The van der Waals surface area contributed by atoms with Gasteiger partial charge in [0.1, 0.15) is 5.82 Å². The molecule has 1 aromatic carbocycles. The molecule has 3 aromatic rings. The fraction of sp³-hybridized carbons (Fsp3) is 0.250. The van der Waals surface area contributed by atoms with Crippen LogP contribution in [-0.4, -0.2) is 39.6 Å². The zero-order valence-corrected chi connectivity index (χ0v) is 14.3. The maximum Gasteiger partial charge on any atom is 0.126 e. The number of hydrogen-bond acceptors (Lipinski definition) is 5. The summed E-state index contributed by atoms with van der Waals surface area (Å²) in [5, 5.41) is 9.11. The summed E-state index contributed by atoms with van der Waals surface area (Å²) >= 11 is 0. The first-order valence-corrected chi connectivity index (χ1v) is 8.59. The van der Waals surface area contributed by atoms with Gasteiger partial charge >= 0.3 is 0 Å². The maximum atomic E-state index is 9.11. The first kappa shape index (κ1) is 16.5. The number of morpholine rings is 1. The van der Waals surface area contributed by atoms with Crippen LogP contribution < -0.4 is 0 Å². The standard InChI is InChI=1S/C20H19N5O/c21-10-15-3-1-4-16(9-15)13-25-7-8-26-14-19(25)20-23-12-18(24-20)17-5-2-6-22-11-17/h1-6,9,11-12,19H,7-8,13-14H2,(H,23,24)/t19-/m0/s1. The first-order valence-electron chi connectivity index (χ1n) is 8.59. The van der Waals surface area contributed by atoms with Gasteiger partial charge in [0, 0.05) is 31.0 Å². The molecule has 6 heteroatoms. The Morgan fingerprint density at radius 1 is 1.27 bits per heavy atom. The van der Waals surface area contributed by atoms with Gasteiger partial charge in [-0.1, -0.05) is 12.1 Å². The zero-order chi connectivity index (χ0) is 17.8. The van der Waals surface area contributed by atoms with Crippen molar-refractivity contribution in [3.63, 3.8) is 0 Å². The van der Waals surface area contributed by atoms with E-state index in [2.05, 4.69) is 32.0 Å². The normalized spacial score (nSPS) is 17.7. The smallest absolute Gasteiger partial charge is 0.126 e. The first-order chi connectivity index (χ1) is 12.8. The second-order valence-electron chi connectivity index (χ2n) is 6.30. The predicted molar refractivity (Wildman–Crippen MR) is 96.9 cm³/mol. The Balaban J connectivity index is 1.56. The van der Waals surface area contributed by atoms with Gasteiger partial charge in [0.2, 0.25) is 0 Å². The average molecular weight is 345 g/mol. The lowest BCUT2D eigenvalue weighted by molar-refractivity contribution is -0.0156. The molecule has 0 saturated carbocycles. The molecule has 1 atom stereocenters. The number of H-pyrrole nitrogens is 1. The Labute approximate surface area is 152 Å². The van der Waals surface area contributed by atoms with Crippen molar-refractivity contribution in [2.24, 2.45) is 0 Å². The van der Waals surface area contributed by atoms with Crippen molar-refractivity contribution in [3.05, 3.63) is 71.9 Å². The van der Waals surface area contributed by atoms with Crippen LogP contribution in [0.1, 0.15) is 23.0 Å². The van der Waals surface area contributed by atoms with E-state index >= 15 is 0 Å². The van der Waals surface area contributed by atoms with Gasteiger partial charge in [0.15, 0.2) is 0 Å². The molecule has 0 unspecified atom stereocenters. The molecule has 130 valence electrons. The summed E-state index contributed by atoms with van der Waals surface area (Å²) in [5.41, 5.74) is 3.76. The molecule has 0 amide bonds. The number of imidazole rings is 1. The second-order valence-corrected chi connectivity index (χ2v) is 6.30. The molecular formula is C20H19N5O. The van der Waals surface area contributed by atoms with Crippen LogP contribution in [0, 0.1) is 11.3 Å². The highest BCUT2D eigenvalue weighted by atomic mass is 16.5. The van der Waals surface area contributed by atoms with Crippen LogP contribution in [0.4, 0.5) is 0 Å². The minimum absolute atomic E-state index is 0.0555. The third-order valence-electron chi connectivity index (χ3n) is 4.56. The van der Waals surface area contributed by atoms with Crippen molar-refractivity contribution in [2.45, 2.75) is 12.6 Å². The number of rotatable bonds is 4. The minimum atomic E-state index is 0.0555. The molecular weight excluding hydrogens is 326 g/mol. The van der Waals surface area contributed by atoms with E-state index in [-0.39, 0.29) is 6.04 Å². The Hall–Kier alpha value is -3.01. The highest BCUT2D eigenvalue weighted by Gasteiger charge is 2.27. The summed E-state index contributed by atoms with van der Waals surface area (Å²) in [4.78, 5) is 14.5. The lowest BCUT2D eigenvalue weighted by atomic mass is 10.1. The van der Waals surface area contributed by atoms with Crippen LogP contribution in [-0.2, 0) is 11.3 Å². The Bertz CT molecular complexity index is 915. The summed E-state index contributed by atoms with van der Waals surface area (Å²) < 4.78 is 5.70. The molecule has 0 radical (unpaired) electrons. The van der Waals surface area contributed by atoms with E-state index in [0.717, 1.165) is 35.7 Å². The van der Waals surface area contributed by atoms with Crippen LogP contribution in [0.15, 0.2) is 55.0 Å². The fourth-order valence-corrected chi connectivity index (χ4v) is 3.23. The van der Waals surface area contributed by atoms with E-state index < -0.39 is 0 Å². The summed E-state index contributed by atoms with van der Waals surface area (Å²) in [6, 6.07) is 13.9. The lowest BCUT2D eigenvalue weighted by Gasteiger charge is -2.34. The van der Waals surface area contributed by atoms with Crippen LogP contribution in [0.5, 0.6) is 0 Å². The minimum Gasteiger partial charge on any atom is -0.378 e. The number of aromatic amines is 1. The Morgan fingerprint density at radius 2 is 2.23 bits per heavy atom. The molecule has 0 bridgehead atoms. The molecule has 3 heterocycles. The van der Waals surface area contributed by atoms with Crippen molar-refractivity contribution in [1.29, 1.82) is 5.26 Å². The van der Waals surface area contributed by atoms with Crippen LogP contribution in [0.3, 0.4) is 0 Å². The van der Waals surface area contributed by atoms with Gasteiger partial charge in [-0.3, -0.25) is 9.88 Å². The van der Waals surface area contributed by atoms with E-state index in [1.54, 1.807) is 6.20 Å². The number of ether oxygens (including phenoxy) is 1. The number of nitriles is 1. The summed E-state index contributed by atoms with van der Waals surface area (Å²) in [6.45, 7) is 2.87. The Kier molecular flexibility index (Phi) is 4.73. The molecule has 2 aromatic heterocycles. The van der Waals surface area contributed by atoms with E-state index in [1.165, 1.54) is 0 Å². The van der Waals surface area contributed by atoms with Crippen molar-refractivity contribution in [1.82, 2.24) is 19.9 Å². The molecule has 1 saturated heterocycles. The van der Waals surface area contributed by atoms with Crippen LogP contribution in [0.2, 0.25) is 0 Å². The third kappa shape index (κ3) is 3.49. The third-order valence-corrected chi connectivity index (χ3v) is 4.56. The average Bonchev–Trinajstić information content (AvgIpc) is 3.19. The molecule has 1 aliphatic heterocycles. The Morgan fingerprint density at radius 3 is 3.08 bits per heavy atom. The molecule has 0 spiro atoms. The molecule has 6 nitrogen and oxygen atoms in total. The summed E-state index contributed by atoms with van der Waals surface area (Å²) in [6.07, 6.45) is 5.42. The largest absolute Gasteiger partial charge is 0.378 e. The van der Waals surface area contributed by atoms with Gasteiger partial charge in [0.05, 0.1) is 42.8 Å². The zero-order valence-electron chi connectivity index (χ0n) is 14.3. The van der Waals surface area contributed by atoms with E-state index in [4.69, 9.17) is 10.00 Å². The summed E-state index contributed by atoms with van der Waals surface area (Å²) in [7, 11) is 0. The lowest BCUT2D eigenvalue weighted by Crippen LogP contribution is -2.39. The predicted octanol–water partition coefficient (Wildman–Crippen LogP) is 2.92. The molecule has 26 heavy (non-hydrogen) atoms. The van der Waals surface area contributed by atoms with Crippen molar-refractivity contribution in [2.75, 3.05) is 19.8 Å². The molecule has 1 fully saturated rings. The van der Waals surface area contributed by atoms with Gasteiger partial charge in [-0.25, -0.2) is 4.98 Å². The molecule has 0 aliphatic carbocycles. The van der Waals surface area contributed by atoms with Crippen molar-refractivity contribution >= 4 is 0 Å². The number of aromatic nitrogens is 3. The summed E-state index contributed by atoms with van der Waals surface area (Å²) in [5.74, 6) is 0.889. The van der Waals surface area contributed by atoms with Crippen LogP contribution in [0.25, 0.3) is 11.3 Å². The number of nitrogens with zero attached hydrogens (tertiary/aromatic N) is 4. The highest BCUT2D eigenvalue weighted by molar-refractivity contribution is 5.56. The van der Waals surface area contributed by atoms with Gasteiger partial charge in [-0.05, 0) is 29.8 Å². The van der Waals surface area contributed by atoms with E-state index in [0.29, 0.717) is 18.8 Å². The topological polar surface area (TPSA) is 77.8 Å². The van der Waals surface area contributed by atoms with Gasteiger partial charge in [-0.2, -0.15) is 5.26 Å². The van der Waals surface area contributed by atoms with E-state index in [9.17, 15) is 0 Å². The second kappa shape index (κ2) is 7.48. The molecule has 1 aliphatic rings. The van der Waals surface area contributed by atoms with E-state index in [1.807, 2.05) is 42.7 Å². The quantitative estimate of drug-likeness (QED) is 0.787. The van der Waals surface area contributed by atoms with Crippen molar-refractivity contribution < 1.29 is 4.74 Å². The van der Waals surface area contributed by atoms with Crippen molar-refractivity contribution in [3.8, 4) is 17.3 Å². The SMILES string of the molecule is N#Cc1cccc(CN2CCOC[C@H]2c2ncc(-c3cccnc3)[nH]2)c1. The number of benzene rings is 1. The molecule has 4 rings (SSSR count). The monoisotopic (exact) mass is 345 g/mol. The number of nitrogens with one attached hydrogen (secondary N) is 1. The maximum absolute atomic E-state index is 9.11. The van der Waals surface area contributed by atoms with Crippen LogP contribution >= 0.6 is 0 Å². The molecule has 1 N–H and O–H groups in total.